The first-order valence-corrected chi connectivity index (χ1v) is 9.45. The number of benzene rings is 2. The molecule has 3 aromatic rings. The highest BCUT2D eigenvalue weighted by Crippen LogP contribution is 2.21. The Balaban J connectivity index is 1.45. The van der Waals surface area contributed by atoms with Crippen LogP contribution in [0.2, 0.25) is 0 Å². The first-order chi connectivity index (χ1) is 14.0. The van der Waals surface area contributed by atoms with Gasteiger partial charge in [-0.2, -0.15) is 4.98 Å². The molecular formula is C22H25N3O4. The zero-order valence-electron chi connectivity index (χ0n) is 16.9. The zero-order valence-corrected chi connectivity index (χ0v) is 16.9. The lowest BCUT2D eigenvalue weighted by Crippen LogP contribution is -2.26. The fraction of sp³-hybridized carbons (Fsp3) is 0.318. The van der Waals surface area contributed by atoms with E-state index in [2.05, 4.69) is 10.1 Å². The second kappa shape index (κ2) is 9.73. The predicted molar refractivity (Wildman–Crippen MR) is 109 cm³/mol. The first kappa shape index (κ1) is 20.4. The molecular weight excluding hydrogens is 370 g/mol. The van der Waals surface area contributed by atoms with Crippen LogP contribution in [0.25, 0.3) is 11.4 Å². The summed E-state index contributed by atoms with van der Waals surface area (Å²) >= 11 is 0. The molecule has 0 aliphatic heterocycles. The van der Waals surface area contributed by atoms with E-state index in [4.69, 9.17) is 14.0 Å². The molecule has 0 fully saturated rings. The van der Waals surface area contributed by atoms with Gasteiger partial charge in [-0.1, -0.05) is 35.0 Å². The zero-order chi connectivity index (χ0) is 20.6. The Labute approximate surface area is 170 Å². The third-order valence-electron chi connectivity index (χ3n) is 4.42. The van der Waals surface area contributed by atoms with Gasteiger partial charge in [-0.15, -0.1) is 0 Å². The van der Waals surface area contributed by atoms with Crippen LogP contribution in [0.4, 0.5) is 0 Å². The monoisotopic (exact) mass is 395 g/mol. The summed E-state index contributed by atoms with van der Waals surface area (Å²) < 4.78 is 16.2. The molecule has 3 rings (SSSR count). The Bertz CT molecular complexity index is 937. The van der Waals surface area contributed by atoms with Gasteiger partial charge in [0.2, 0.25) is 17.6 Å². The molecule has 152 valence electrons. The van der Waals surface area contributed by atoms with E-state index in [0.29, 0.717) is 36.9 Å². The summed E-state index contributed by atoms with van der Waals surface area (Å²) in [6.07, 6.45) is 1.02. The molecule has 0 N–H and O–H groups in total. The van der Waals surface area contributed by atoms with Crippen LogP contribution < -0.4 is 9.47 Å². The van der Waals surface area contributed by atoms with Crippen LogP contribution in [-0.2, 0) is 11.3 Å². The van der Waals surface area contributed by atoms with E-state index in [-0.39, 0.29) is 12.5 Å². The molecule has 0 unspecified atom stereocenters. The minimum atomic E-state index is -0.00126. The SMILES string of the molecule is COc1cccc(-c2noc(CN(C)C(=O)CCCOc3ccc(C)cc3)n2)c1. The van der Waals surface area contributed by atoms with Crippen LogP contribution >= 0.6 is 0 Å². The molecule has 2 aromatic carbocycles. The van der Waals surface area contributed by atoms with E-state index < -0.39 is 0 Å². The van der Waals surface area contributed by atoms with Gasteiger partial charge in [0.05, 0.1) is 20.3 Å². The standard InChI is InChI=1S/C22H25N3O4/c1-16-9-11-18(12-10-16)28-13-5-8-21(26)25(2)15-20-23-22(24-29-20)17-6-4-7-19(14-17)27-3/h4,6-7,9-12,14H,5,8,13,15H2,1-3H3. The second-order valence-electron chi connectivity index (χ2n) is 6.76. The summed E-state index contributed by atoms with van der Waals surface area (Å²) in [5.41, 5.74) is 1.98. The van der Waals surface area contributed by atoms with Crippen molar-refractivity contribution in [3.05, 3.63) is 60.0 Å². The lowest BCUT2D eigenvalue weighted by atomic mass is 10.2. The molecule has 1 amide bonds. The Morgan fingerprint density at radius 3 is 2.69 bits per heavy atom. The topological polar surface area (TPSA) is 77.7 Å². The van der Waals surface area contributed by atoms with Gasteiger partial charge in [0.15, 0.2) is 0 Å². The molecule has 0 radical (unpaired) electrons. The summed E-state index contributed by atoms with van der Waals surface area (Å²) in [7, 11) is 3.33. The average molecular weight is 395 g/mol. The van der Waals surface area contributed by atoms with Crippen LogP contribution in [0.15, 0.2) is 53.1 Å². The van der Waals surface area contributed by atoms with Crippen LogP contribution in [0.5, 0.6) is 11.5 Å². The highest BCUT2D eigenvalue weighted by molar-refractivity contribution is 5.75. The Hall–Kier alpha value is -3.35. The van der Waals surface area contributed by atoms with Gasteiger partial charge in [0.1, 0.15) is 11.5 Å². The number of carbonyl (C=O) groups is 1. The number of hydrogen-bond acceptors (Lipinski definition) is 6. The van der Waals surface area contributed by atoms with Crippen molar-refractivity contribution in [2.24, 2.45) is 0 Å². The first-order valence-electron chi connectivity index (χ1n) is 9.45. The molecule has 1 heterocycles. The van der Waals surface area contributed by atoms with Gasteiger partial charge >= 0.3 is 0 Å². The number of ether oxygens (including phenoxy) is 2. The highest BCUT2D eigenvalue weighted by atomic mass is 16.5. The Morgan fingerprint density at radius 1 is 1.14 bits per heavy atom. The van der Waals surface area contributed by atoms with E-state index in [1.807, 2.05) is 55.5 Å². The fourth-order valence-corrected chi connectivity index (χ4v) is 2.73. The summed E-state index contributed by atoms with van der Waals surface area (Å²) in [5, 5.41) is 3.99. The number of nitrogens with zero attached hydrogens (tertiary/aromatic N) is 3. The largest absolute Gasteiger partial charge is 0.497 e. The summed E-state index contributed by atoms with van der Waals surface area (Å²) in [5.74, 6) is 2.38. The van der Waals surface area contributed by atoms with Crippen LogP contribution in [-0.4, -0.2) is 41.7 Å². The van der Waals surface area contributed by atoms with Crippen LogP contribution in [0, 0.1) is 6.92 Å². The van der Waals surface area contributed by atoms with Crippen molar-refractivity contribution in [2.75, 3.05) is 20.8 Å². The number of aryl methyl sites for hydroxylation is 1. The molecule has 29 heavy (non-hydrogen) atoms. The van der Waals surface area contributed by atoms with E-state index in [0.717, 1.165) is 11.3 Å². The molecule has 0 saturated carbocycles. The molecule has 7 heteroatoms. The minimum absolute atomic E-state index is 0.00126. The Morgan fingerprint density at radius 2 is 1.93 bits per heavy atom. The van der Waals surface area contributed by atoms with E-state index in [1.165, 1.54) is 5.56 Å². The van der Waals surface area contributed by atoms with E-state index in [1.54, 1.807) is 19.1 Å². The smallest absolute Gasteiger partial charge is 0.246 e. The van der Waals surface area contributed by atoms with Crippen molar-refractivity contribution in [3.8, 4) is 22.9 Å². The van der Waals surface area contributed by atoms with Gasteiger partial charge in [-0.05, 0) is 37.6 Å². The van der Waals surface area contributed by atoms with Crippen LogP contribution in [0.3, 0.4) is 0 Å². The van der Waals surface area contributed by atoms with Gasteiger partial charge in [-0.3, -0.25) is 4.79 Å². The second-order valence-corrected chi connectivity index (χ2v) is 6.76. The molecule has 0 bridgehead atoms. The maximum atomic E-state index is 12.3. The molecule has 0 atom stereocenters. The molecule has 0 aliphatic rings. The maximum Gasteiger partial charge on any atom is 0.246 e. The number of aromatic nitrogens is 2. The molecule has 0 saturated heterocycles. The highest BCUT2D eigenvalue weighted by Gasteiger charge is 2.15. The van der Waals surface area contributed by atoms with Gasteiger partial charge in [0, 0.05) is 19.0 Å². The van der Waals surface area contributed by atoms with Crippen molar-refractivity contribution < 1.29 is 18.8 Å². The molecule has 0 spiro atoms. The quantitative estimate of drug-likeness (QED) is 0.512. The normalized spacial score (nSPS) is 10.6. The number of rotatable bonds is 9. The summed E-state index contributed by atoms with van der Waals surface area (Å²) in [4.78, 5) is 18.3. The fourth-order valence-electron chi connectivity index (χ4n) is 2.73. The van der Waals surface area contributed by atoms with Crippen molar-refractivity contribution in [2.45, 2.75) is 26.3 Å². The van der Waals surface area contributed by atoms with Gasteiger partial charge in [-0.25, -0.2) is 0 Å². The van der Waals surface area contributed by atoms with Crippen molar-refractivity contribution in [1.29, 1.82) is 0 Å². The van der Waals surface area contributed by atoms with E-state index in [9.17, 15) is 4.79 Å². The van der Waals surface area contributed by atoms with Crippen LogP contribution in [0.1, 0.15) is 24.3 Å². The lowest BCUT2D eigenvalue weighted by molar-refractivity contribution is -0.131. The third kappa shape index (κ3) is 5.81. The number of methoxy groups -OCH3 is 1. The van der Waals surface area contributed by atoms with Crippen molar-refractivity contribution in [3.63, 3.8) is 0 Å². The molecule has 1 aromatic heterocycles. The van der Waals surface area contributed by atoms with Gasteiger partial charge < -0.3 is 18.9 Å². The van der Waals surface area contributed by atoms with Crippen molar-refractivity contribution >= 4 is 5.91 Å². The minimum Gasteiger partial charge on any atom is -0.497 e. The van der Waals surface area contributed by atoms with Gasteiger partial charge in [0.25, 0.3) is 0 Å². The number of hydrogen-bond donors (Lipinski definition) is 0. The lowest BCUT2D eigenvalue weighted by Gasteiger charge is -2.14. The molecule has 0 aliphatic carbocycles. The van der Waals surface area contributed by atoms with Crippen molar-refractivity contribution in [1.82, 2.24) is 15.0 Å². The summed E-state index contributed by atoms with van der Waals surface area (Å²) in [6.45, 7) is 2.78. The Kier molecular flexibility index (Phi) is 6.84. The third-order valence-corrected chi connectivity index (χ3v) is 4.42. The van der Waals surface area contributed by atoms with E-state index >= 15 is 0 Å². The maximum absolute atomic E-state index is 12.3. The molecule has 7 nitrogen and oxygen atoms in total. The number of carbonyl (C=O) groups excluding carboxylic acids is 1. The average Bonchev–Trinajstić information content (AvgIpc) is 3.21. The predicted octanol–water partition coefficient (Wildman–Crippen LogP) is 3.87. The summed E-state index contributed by atoms with van der Waals surface area (Å²) in [6, 6.07) is 15.3. The number of amides is 1.